The number of rotatable bonds is 5. The number of thioether (sulfide) groups is 1. The van der Waals surface area contributed by atoms with Gasteiger partial charge < -0.3 is 10.4 Å². The van der Waals surface area contributed by atoms with Crippen LogP contribution in [0, 0.1) is 0 Å². The second-order valence-corrected chi connectivity index (χ2v) is 5.47. The number of carboxylic acids is 1. The first kappa shape index (κ1) is 14.3. The van der Waals surface area contributed by atoms with Crippen LogP contribution in [0.2, 0.25) is 5.02 Å². The van der Waals surface area contributed by atoms with Gasteiger partial charge in [0, 0.05) is 17.3 Å². The van der Waals surface area contributed by atoms with Gasteiger partial charge in [-0.1, -0.05) is 47.7 Å². The van der Waals surface area contributed by atoms with Gasteiger partial charge >= 0.3 is 5.97 Å². The minimum Gasteiger partial charge on any atom is -0.481 e. The molecule has 1 aromatic rings. The molecule has 92 valence electrons. The molecule has 0 heterocycles. The number of benzene rings is 1. The fourth-order valence-corrected chi connectivity index (χ4v) is 2.14. The first-order chi connectivity index (χ1) is 8.08. The molecule has 0 radical (unpaired) electrons. The predicted molar refractivity (Wildman–Crippen MR) is 75.6 cm³/mol. The lowest BCUT2D eigenvalue weighted by atomic mass is 10.2. The molecule has 17 heavy (non-hydrogen) atoms. The van der Waals surface area contributed by atoms with Gasteiger partial charge in [0.15, 0.2) is 0 Å². The van der Waals surface area contributed by atoms with Crippen molar-refractivity contribution >= 4 is 45.9 Å². The molecule has 0 aliphatic carbocycles. The second-order valence-electron chi connectivity index (χ2n) is 3.26. The lowest BCUT2D eigenvalue weighted by molar-refractivity contribution is -0.136. The molecule has 0 spiro atoms. The van der Waals surface area contributed by atoms with Crippen molar-refractivity contribution in [2.45, 2.75) is 13.0 Å². The summed E-state index contributed by atoms with van der Waals surface area (Å²) in [6.07, 6.45) is 0.118. The van der Waals surface area contributed by atoms with Crippen molar-refractivity contribution in [3.05, 3.63) is 34.9 Å². The van der Waals surface area contributed by atoms with Crippen LogP contribution in [0.5, 0.6) is 0 Å². The largest absolute Gasteiger partial charge is 0.481 e. The average Bonchev–Trinajstić information content (AvgIpc) is 2.28. The van der Waals surface area contributed by atoms with Gasteiger partial charge in [-0.15, -0.1) is 0 Å². The van der Waals surface area contributed by atoms with Crippen LogP contribution < -0.4 is 5.32 Å². The number of carboxylic acid groups (broad SMARTS) is 1. The van der Waals surface area contributed by atoms with Crippen LogP contribution in [0.25, 0.3) is 0 Å². The Morgan fingerprint density at radius 2 is 2.06 bits per heavy atom. The van der Waals surface area contributed by atoms with Crippen molar-refractivity contribution in [3.63, 3.8) is 0 Å². The maximum Gasteiger partial charge on any atom is 0.304 e. The predicted octanol–water partition coefficient (Wildman–Crippen LogP) is 2.92. The summed E-state index contributed by atoms with van der Waals surface area (Å²) in [4.78, 5) is 10.3. The minimum atomic E-state index is -0.807. The van der Waals surface area contributed by atoms with Crippen molar-refractivity contribution < 1.29 is 9.90 Å². The molecule has 1 rings (SSSR count). The van der Waals surface area contributed by atoms with E-state index in [-0.39, 0.29) is 6.42 Å². The molecule has 0 aromatic heterocycles. The number of carbonyl (C=O) groups is 1. The number of nitrogens with one attached hydrogen (secondary N) is 1. The summed E-state index contributed by atoms with van der Waals surface area (Å²) in [5, 5.41) is 12.2. The molecule has 0 saturated heterocycles. The van der Waals surface area contributed by atoms with Crippen molar-refractivity contribution in [1.82, 2.24) is 5.32 Å². The molecule has 0 atom stereocenters. The standard InChI is InChI=1S/C11H12ClNO2S2/c12-9-3-1-8(2-4-9)7-13-11(16)17-6-5-10(14)15/h1-4H,5-7H2,(H,13,16)(H,14,15). The van der Waals surface area contributed by atoms with E-state index in [0.29, 0.717) is 21.6 Å². The van der Waals surface area contributed by atoms with Gasteiger partial charge in [-0.05, 0) is 17.7 Å². The van der Waals surface area contributed by atoms with Crippen LogP contribution in [0.4, 0.5) is 0 Å². The smallest absolute Gasteiger partial charge is 0.304 e. The minimum absolute atomic E-state index is 0.118. The van der Waals surface area contributed by atoms with E-state index >= 15 is 0 Å². The highest BCUT2D eigenvalue weighted by Crippen LogP contribution is 2.10. The molecule has 0 saturated carbocycles. The lowest BCUT2D eigenvalue weighted by Crippen LogP contribution is -2.18. The molecular formula is C11H12ClNO2S2. The molecule has 0 aliphatic heterocycles. The van der Waals surface area contributed by atoms with E-state index in [2.05, 4.69) is 5.32 Å². The Kier molecular flexibility index (Phi) is 6.32. The van der Waals surface area contributed by atoms with Crippen LogP contribution in [0.3, 0.4) is 0 Å². The number of hydrogen-bond donors (Lipinski definition) is 2. The van der Waals surface area contributed by atoms with Gasteiger partial charge in [-0.25, -0.2) is 0 Å². The van der Waals surface area contributed by atoms with Crippen LogP contribution >= 0.6 is 35.6 Å². The Morgan fingerprint density at radius 3 is 2.65 bits per heavy atom. The summed E-state index contributed by atoms with van der Waals surface area (Å²) in [6.45, 7) is 0.621. The molecule has 1 aromatic carbocycles. The maximum absolute atomic E-state index is 10.3. The fourth-order valence-electron chi connectivity index (χ4n) is 1.06. The third kappa shape index (κ3) is 6.51. The highest BCUT2D eigenvalue weighted by molar-refractivity contribution is 8.22. The molecule has 0 aliphatic rings. The Bertz CT molecular complexity index is 395. The van der Waals surface area contributed by atoms with E-state index in [4.69, 9.17) is 28.9 Å². The van der Waals surface area contributed by atoms with E-state index in [9.17, 15) is 4.79 Å². The van der Waals surface area contributed by atoms with Crippen LogP contribution in [0.15, 0.2) is 24.3 Å². The normalized spacial score (nSPS) is 9.94. The molecule has 2 N–H and O–H groups in total. The second kappa shape index (κ2) is 7.53. The van der Waals surface area contributed by atoms with Crippen LogP contribution in [-0.4, -0.2) is 21.1 Å². The Hall–Kier alpha value is -0.780. The average molecular weight is 290 g/mol. The molecular weight excluding hydrogens is 278 g/mol. The van der Waals surface area contributed by atoms with Crippen molar-refractivity contribution in [2.24, 2.45) is 0 Å². The van der Waals surface area contributed by atoms with E-state index in [1.807, 2.05) is 24.3 Å². The van der Waals surface area contributed by atoms with Gasteiger partial charge in [0.05, 0.1) is 6.42 Å². The van der Waals surface area contributed by atoms with Gasteiger partial charge in [0.2, 0.25) is 0 Å². The van der Waals surface area contributed by atoms with Crippen molar-refractivity contribution in [1.29, 1.82) is 0 Å². The van der Waals surface area contributed by atoms with E-state index in [1.165, 1.54) is 11.8 Å². The summed E-state index contributed by atoms with van der Waals surface area (Å²) in [5.74, 6) is -0.320. The number of hydrogen-bond acceptors (Lipinski definition) is 3. The summed E-state index contributed by atoms with van der Waals surface area (Å²) < 4.78 is 0.612. The van der Waals surface area contributed by atoms with Gasteiger partial charge in [0.1, 0.15) is 4.32 Å². The zero-order chi connectivity index (χ0) is 12.7. The third-order valence-electron chi connectivity index (χ3n) is 1.90. The fraction of sp³-hybridized carbons (Fsp3) is 0.273. The molecule has 0 fully saturated rings. The first-order valence-corrected chi connectivity index (χ1v) is 6.72. The molecule has 6 heteroatoms. The Balaban J connectivity index is 2.23. The van der Waals surface area contributed by atoms with Crippen LogP contribution in [0.1, 0.15) is 12.0 Å². The third-order valence-corrected chi connectivity index (χ3v) is 3.46. The van der Waals surface area contributed by atoms with E-state index in [1.54, 1.807) is 0 Å². The van der Waals surface area contributed by atoms with Crippen molar-refractivity contribution in [3.8, 4) is 0 Å². The van der Waals surface area contributed by atoms with Crippen LogP contribution in [-0.2, 0) is 11.3 Å². The number of halogens is 1. The van der Waals surface area contributed by atoms with E-state index < -0.39 is 5.97 Å². The molecule has 0 unspecified atom stereocenters. The number of aliphatic carboxylic acids is 1. The molecule has 0 amide bonds. The molecule has 3 nitrogen and oxygen atoms in total. The Labute approximate surface area is 115 Å². The van der Waals surface area contributed by atoms with Gasteiger partial charge in [0.25, 0.3) is 0 Å². The topological polar surface area (TPSA) is 49.3 Å². The summed E-state index contributed by atoms with van der Waals surface area (Å²) in [5.41, 5.74) is 1.08. The van der Waals surface area contributed by atoms with Gasteiger partial charge in [-0.2, -0.15) is 0 Å². The highest BCUT2D eigenvalue weighted by atomic mass is 35.5. The lowest BCUT2D eigenvalue weighted by Gasteiger charge is -2.06. The quantitative estimate of drug-likeness (QED) is 0.816. The summed E-state index contributed by atoms with van der Waals surface area (Å²) in [6, 6.07) is 7.47. The number of thiocarbonyl (C=S) groups is 1. The highest BCUT2D eigenvalue weighted by Gasteiger charge is 2.01. The molecule has 0 bridgehead atoms. The van der Waals surface area contributed by atoms with Gasteiger partial charge in [-0.3, -0.25) is 4.79 Å². The Morgan fingerprint density at radius 1 is 1.41 bits per heavy atom. The zero-order valence-electron chi connectivity index (χ0n) is 8.98. The zero-order valence-corrected chi connectivity index (χ0v) is 11.4. The monoisotopic (exact) mass is 289 g/mol. The van der Waals surface area contributed by atoms with Crippen molar-refractivity contribution in [2.75, 3.05) is 5.75 Å². The summed E-state index contributed by atoms with van der Waals surface area (Å²) >= 11 is 12.2. The van der Waals surface area contributed by atoms with E-state index in [0.717, 1.165) is 5.56 Å². The first-order valence-electron chi connectivity index (χ1n) is 4.95. The SMILES string of the molecule is O=C(O)CCSC(=S)NCc1ccc(Cl)cc1. The maximum atomic E-state index is 10.3. The summed E-state index contributed by atoms with van der Waals surface area (Å²) in [7, 11) is 0.